The molecule has 0 aliphatic rings. The SMILES string of the molecule is COCC(C)CC(=O)CCc1ccnn1C. The van der Waals surface area contributed by atoms with Crippen LogP contribution >= 0.6 is 0 Å². The molecule has 0 fully saturated rings. The third-order valence-corrected chi connectivity index (χ3v) is 2.61. The summed E-state index contributed by atoms with van der Waals surface area (Å²) in [6, 6.07) is 1.95. The Morgan fingerprint density at radius 1 is 1.62 bits per heavy atom. The van der Waals surface area contributed by atoms with E-state index in [4.69, 9.17) is 4.74 Å². The second-order valence-corrected chi connectivity index (χ2v) is 4.25. The minimum atomic E-state index is 0.297. The number of carbonyl (C=O) groups excluding carboxylic acids is 1. The van der Waals surface area contributed by atoms with Crippen molar-refractivity contribution in [2.75, 3.05) is 13.7 Å². The van der Waals surface area contributed by atoms with Gasteiger partial charge in [0.2, 0.25) is 0 Å². The monoisotopic (exact) mass is 224 g/mol. The summed E-state index contributed by atoms with van der Waals surface area (Å²) in [6.45, 7) is 2.68. The van der Waals surface area contributed by atoms with Crippen molar-refractivity contribution in [2.24, 2.45) is 13.0 Å². The Balaban J connectivity index is 2.28. The zero-order chi connectivity index (χ0) is 12.0. The summed E-state index contributed by atoms with van der Waals surface area (Å²) < 4.78 is 6.82. The Morgan fingerprint density at radius 3 is 2.94 bits per heavy atom. The van der Waals surface area contributed by atoms with Crippen LogP contribution in [0.5, 0.6) is 0 Å². The van der Waals surface area contributed by atoms with Crippen LogP contribution < -0.4 is 0 Å². The number of ketones is 1. The molecule has 0 spiro atoms. The summed E-state index contributed by atoms with van der Waals surface area (Å²) in [5.41, 5.74) is 1.10. The second-order valence-electron chi connectivity index (χ2n) is 4.25. The van der Waals surface area contributed by atoms with Gasteiger partial charge < -0.3 is 4.74 Å². The van der Waals surface area contributed by atoms with E-state index in [1.54, 1.807) is 13.3 Å². The molecule has 90 valence electrons. The molecule has 0 saturated heterocycles. The third-order valence-electron chi connectivity index (χ3n) is 2.61. The zero-order valence-electron chi connectivity index (χ0n) is 10.3. The van der Waals surface area contributed by atoms with E-state index < -0.39 is 0 Å². The van der Waals surface area contributed by atoms with Gasteiger partial charge in [0.1, 0.15) is 5.78 Å². The first-order valence-electron chi connectivity index (χ1n) is 5.61. The predicted octanol–water partition coefficient (Wildman–Crippen LogP) is 1.59. The highest BCUT2D eigenvalue weighted by molar-refractivity contribution is 5.78. The second kappa shape index (κ2) is 6.43. The molecular weight excluding hydrogens is 204 g/mol. The van der Waals surface area contributed by atoms with Gasteiger partial charge >= 0.3 is 0 Å². The summed E-state index contributed by atoms with van der Waals surface area (Å²) in [7, 11) is 3.56. The highest BCUT2D eigenvalue weighted by Crippen LogP contribution is 2.08. The van der Waals surface area contributed by atoms with Crippen LogP contribution in [-0.2, 0) is 23.0 Å². The summed E-state index contributed by atoms with van der Waals surface area (Å²) in [5, 5.41) is 4.07. The number of hydrogen-bond acceptors (Lipinski definition) is 3. The molecule has 0 radical (unpaired) electrons. The van der Waals surface area contributed by atoms with Crippen molar-refractivity contribution in [3.05, 3.63) is 18.0 Å². The first kappa shape index (κ1) is 12.9. The lowest BCUT2D eigenvalue weighted by Gasteiger charge is -2.08. The molecule has 1 aromatic rings. The highest BCUT2D eigenvalue weighted by atomic mass is 16.5. The van der Waals surface area contributed by atoms with Gasteiger partial charge in [0.15, 0.2) is 0 Å². The van der Waals surface area contributed by atoms with E-state index in [1.165, 1.54) is 0 Å². The van der Waals surface area contributed by atoms with Crippen molar-refractivity contribution in [3.63, 3.8) is 0 Å². The lowest BCUT2D eigenvalue weighted by molar-refractivity contribution is -0.120. The number of rotatable bonds is 7. The van der Waals surface area contributed by atoms with Crippen molar-refractivity contribution >= 4 is 5.78 Å². The molecule has 4 heteroatoms. The van der Waals surface area contributed by atoms with E-state index in [2.05, 4.69) is 5.10 Å². The molecule has 0 bridgehead atoms. The molecule has 1 heterocycles. The number of hydrogen-bond donors (Lipinski definition) is 0. The van der Waals surface area contributed by atoms with Crippen molar-refractivity contribution in [1.82, 2.24) is 9.78 Å². The molecule has 1 rings (SSSR count). The van der Waals surface area contributed by atoms with Crippen molar-refractivity contribution in [2.45, 2.75) is 26.2 Å². The van der Waals surface area contributed by atoms with E-state index in [0.717, 1.165) is 12.1 Å². The standard InChI is InChI=1S/C12H20N2O2/c1-10(9-16-3)8-12(15)5-4-11-6-7-13-14(11)2/h6-7,10H,4-5,8-9H2,1-3H3. The number of aryl methyl sites for hydroxylation is 2. The summed E-state index contributed by atoms with van der Waals surface area (Å²) >= 11 is 0. The van der Waals surface area contributed by atoms with Crippen molar-refractivity contribution < 1.29 is 9.53 Å². The maximum absolute atomic E-state index is 11.6. The molecule has 0 aromatic carbocycles. The molecule has 0 amide bonds. The molecule has 1 aromatic heterocycles. The van der Waals surface area contributed by atoms with Gasteiger partial charge in [-0.1, -0.05) is 6.92 Å². The average Bonchev–Trinajstić information content (AvgIpc) is 2.61. The number of ether oxygens (including phenoxy) is 1. The van der Waals surface area contributed by atoms with Gasteiger partial charge in [0.25, 0.3) is 0 Å². The largest absolute Gasteiger partial charge is 0.384 e. The molecule has 4 nitrogen and oxygen atoms in total. The van der Waals surface area contributed by atoms with Crippen molar-refractivity contribution in [1.29, 1.82) is 0 Å². The van der Waals surface area contributed by atoms with Gasteiger partial charge in [-0.3, -0.25) is 9.48 Å². The quantitative estimate of drug-likeness (QED) is 0.706. The number of carbonyl (C=O) groups is 1. The molecule has 0 saturated carbocycles. The Hall–Kier alpha value is -1.16. The van der Waals surface area contributed by atoms with E-state index in [0.29, 0.717) is 31.1 Å². The molecule has 1 unspecified atom stereocenters. The maximum atomic E-state index is 11.6. The topological polar surface area (TPSA) is 44.1 Å². The Labute approximate surface area is 96.6 Å². The van der Waals surface area contributed by atoms with Crippen LogP contribution in [-0.4, -0.2) is 29.3 Å². The summed E-state index contributed by atoms with van der Waals surface area (Å²) in [4.78, 5) is 11.6. The van der Waals surface area contributed by atoms with Crippen LogP contribution in [0, 0.1) is 5.92 Å². The fourth-order valence-corrected chi connectivity index (χ4v) is 1.75. The molecular formula is C12H20N2O2. The molecule has 16 heavy (non-hydrogen) atoms. The van der Waals surface area contributed by atoms with Crippen LogP contribution in [0.15, 0.2) is 12.3 Å². The number of Topliss-reactive ketones (excluding diaryl/α,β-unsaturated/α-hetero) is 1. The lowest BCUT2D eigenvalue weighted by Crippen LogP contribution is -2.11. The number of nitrogens with zero attached hydrogens (tertiary/aromatic N) is 2. The molecule has 0 aliphatic heterocycles. The van der Waals surface area contributed by atoms with Crippen LogP contribution in [0.3, 0.4) is 0 Å². The fraction of sp³-hybridized carbons (Fsp3) is 0.667. The Morgan fingerprint density at radius 2 is 2.38 bits per heavy atom. The Bertz CT molecular complexity index is 334. The van der Waals surface area contributed by atoms with Crippen LogP contribution in [0.1, 0.15) is 25.5 Å². The van der Waals surface area contributed by atoms with Gasteiger partial charge in [-0.2, -0.15) is 5.10 Å². The van der Waals surface area contributed by atoms with Gasteiger partial charge in [-0.25, -0.2) is 0 Å². The average molecular weight is 224 g/mol. The minimum Gasteiger partial charge on any atom is -0.384 e. The van der Waals surface area contributed by atoms with E-state index in [-0.39, 0.29) is 0 Å². The highest BCUT2D eigenvalue weighted by Gasteiger charge is 2.10. The van der Waals surface area contributed by atoms with Gasteiger partial charge in [-0.15, -0.1) is 0 Å². The summed E-state index contributed by atoms with van der Waals surface area (Å²) in [6.07, 6.45) is 3.72. The normalized spacial score (nSPS) is 12.7. The smallest absolute Gasteiger partial charge is 0.133 e. The third kappa shape index (κ3) is 4.14. The Kier molecular flexibility index (Phi) is 5.19. The molecule has 0 N–H and O–H groups in total. The zero-order valence-corrected chi connectivity index (χ0v) is 10.3. The summed E-state index contributed by atoms with van der Waals surface area (Å²) in [5.74, 6) is 0.606. The maximum Gasteiger partial charge on any atom is 0.133 e. The van der Waals surface area contributed by atoms with Crippen LogP contribution in [0.25, 0.3) is 0 Å². The molecule has 0 aliphatic carbocycles. The molecule has 1 atom stereocenters. The van der Waals surface area contributed by atoms with Crippen molar-refractivity contribution in [3.8, 4) is 0 Å². The van der Waals surface area contributed by atoms with Gasteiger partial charge in [0.05, 0.1) is 0 Å². The van der Waals surface area contributed by atoms with E-state index in [1.807, 2.05) is 24.7 Å². The van der Waals surface area contributed by atoms with Crippen LogP contribution in [0.4, 0.5) is 0 Å². The minimum absolute atomic E-state index is 0.297. The lowest BCUT2D eigenvalue weighted by atomic mass is 10.0. The predicted molar refractivity (Wildman–Crippen MR) is 62.2 cm³/mol. The fourth-order valence-electron chi connectivity index (χ4n) is 1.75. The van der Waals surface area contributed by atoms with E-state index in [9.17, 15) is 4.79 Å². The first-order valence-corrected chi connectivity index (χ1v) is 5.61. The van der Waals surface area contributed by atoms with Gasteiger partial charge in [0, 0.05) is 45.5 Å². The van der Waals surface area contributed by atoms with Gasteiger partial charge in [-0.05, 0) is 18.4 Å². The number of methoxy groups -OCH3 is 1. The van der Waals surface area contributed by atoms with E-state index >= 15 is 0 Å². The van der Waals surface area contributed by atoms with Crippen LogP contribution in [0.2, 0.25) is 0 Å². The first-order chi connectivity index (χ1) is 7.63. The number of aromatic nitrogens is 2.